The fraction of sp³-hybridized carbons (Fsp3) is 0.562. The zero-order valence-electron chi connectivity index (χ0n) is 13.7. The topological polar surface area (TPSA) is 77.9 Å². The van der Waals surface area contributed by atoms with Gasteiger partial charge in [0.05, 0.1) is 12.3 Å². The Hall–Kier alpha value is -1.51. The molecule has 0 aromatic heterocycles. The van der Waals surface area contributed by atoms with Crippen molar-refractivity contribution < 1.29 is 22.7 Å². The molecule has 1 aliphatic rings. The highest BCUT2D eigenvalue weighted by Gasteiger charge is 2.30. The van der Waals surface area contributed by atoms with E-state index in [0.29, 0.717) is 32.5 Å². The van der Waals surface area contributed by atoms with E-state index in [4.69, 9.17) is 5.11 Å². The molecule has 0 amide bonds. The van der Waals surface area contributed by atoms with Crippen molar-refractivity contribution >= 4 is 16.0 Å². The first-order valence-electron chi connectivity index (χ1n) is 8.00. The van der Waals surface area contributed by atoms with Crippen LogP contribution in [-0.2, 0) is 21.4 Å². The van der Waals surface area contributed by atoms with Gasteiger partial charge in [-0.1, -0.05) is 12.1 Å². The molecule has 24 heavy (non-hydrogen) atoms. The summed E-state index contributed by atoms with van der Waals surface area (Å²) in [6.45, 7) is 2.70. The summed E-state index contributed by atoms with van der Waals surface area (Å²) in [6, 6.07) is 5.98. The average molecular weight is 358 g/mol. The van der Waals surface area contributed by atoms with Gasteiger partial charge in [0.15, 0.2) is 0 Å². The predicted octanol–water partition coefficient (Wildman–Crippen LogP) is 1.53. The molecule has 1 aliphatic heterocycles. The molecule has 1 aromatic rings. The van der Waals surface area contributed by atoms with E-state index in [0.717, 1.165) is 5.56 Å². The van der Waals surface area contributed by atoms with Crippen molar-refractivity contribution in [3.05, 3.63) is 35.6 Å². The summed E-state index contributed by atoms with van der Waals surface area (Å²) in [7, 11) is -3.20. The third kappa shape index (κ3) is 4.99. The Morgan fingerprint density at radius 1 is 1.29 bits per heavy atom. The highest BCUT2D eigenvalue weighted by Crippen LogP contribution is 2.21. The number of carbonyl (C=O) groups is 1. The van der Waals surface area contributed by atoms with Crippen molar-refractivity contribution in [2.75, 3.05) is 25.4 Å². The number of benzene rings is 1. The Morgan fingerprint density at radius 2 is 1.88 bits per heavy atom. The molecular formula is C16H23FN2O4S. The number of rotatable bonds is 7. The molecule has 1 aromatic carbocycles. The maximum Gasteiger partial charge on any atom is 0.317 e. The van der Waals surface area contributed by atoms with Crippen LogP contribution in [0.25, 0.3) is 0 Å². The molecule has 0 spiro atoms. The summed E-state index contributed by atoms with van der Waals surface area (Å²) in [5.74, 6) is -1.19. The molecule has 0 unspecified atom stereocenters. The van der Waals surface area contributed by atoms with Gasteiger partial charge in [-0.25, -0.2) is 17.1 Å². The van der Waals surface area contributed by atoms with Gasteiger partial charge >= 0.3 is 5.97 Å². The Kier molecular flexibility index (Phi) is 6.31. The minimum atomic E-state index is -3.20. The maximum atomic E-state index is 13.0. The number of halogens is 1. The Morgan fingerprint density at radius 3 is 2.38 bits per heavy atom. The van der Waals surface area contributed by atoms with Gasteiger partial charge in [-0.2, -0.15) is 0 Å². The van der Waals surface area contributed by atoms with Crippen molar-refractivity contribution in [1.29, 1.82) is 0 Å². The predicted molar refractivity (Wildman–Crippen MR) is 88.5 cm³/mol. The van der Waals surface area contributed by atoms with Gasteiger partial charge in [-0.3, -0.25) is 9.69 Å². The van der Waals surface area contributed by atoms with E-state index in [1.54, 1.807) is 19.1 Å². The number of carboxylic acids is 1. The van der Waals surface area contributed by atoms with Gasteiger partial charge in [0.1, 0.15) is 5.82 Å². The van der Waals surface area contributed by atoms with Crippen LogP contribution in [-0.4, -0.2) is 60.1 Å². The van der Waals surface area contributed by atoms with Crippen LogP contribution >= 0.6 is 0 Å². The molecule has 0 bridgehead atoms. The van der Waals surface area contributed by atoms with Gasteiger partial charge < -0.3 is 5.11 Å². The van der Waals surface area contributed by atoms with Crippen LogP contribution in [0, 0.1) is 5.82 Å². The highest BCUT2D eigenvalue weighted by atomic mass is 32.2. The first kappa shape index (κ1) is 18.8. The minimum Gasteiger partial charge on any atom is -0.480 e. The van der Waals surface area contributed by atoms with Crippen molar-refractivity contribution in [3.63, 3.8) is 0 Å². The number of piperidine rings is 1. The van der Waals surface area contributed by atoms with E-state index in [1.807, 2.05) is 4.90 Å². The molecule has 0 saturated carbocycles. The highest BCUT2D eigenvalue weighted by molar-refractivity contribution is 7.89. The van der Waals surface area contributed by atoms with Crippen LogP contribution < -0.4 is 0 Å². The van der Waals surface area contributed by atoms with Crippen LogP contribution in [0.5, 0.6) is 0 Å². The zero-order chi connectivity index (χ0) is 17.7. The van der Waals surface area contributed by atoms with Crippen molar-refractivity contribution in [1.82, 2.24) is 9.21 Å². The summed E-state index contributed by atoms with van der Waals surface area (Å²) < 4.78 is 38.3. The lowest BCUT2D eigenvalue weighted by molar-refractivity contribution is -0.139. The van der Waals surface area contributed by atoms with Crippen LogP contribution in [0.1, 0.15) is 25.3 Å². The largest absolute Gasteiger partial charge is 0.480 e. The molecule has 0 aliphatic carbocycles. The Balaban J connectivity index is 2.04. The lowest BCUT2D eigenvalue weighted by Gasteiger charge is -2.37. The minimum absolute atomic E-state index is 0.00513. The normalized spacial score (nSPS) is 17.3. The molecule has 1 N–H and O–H groups in total. The molecule has 1 heterocycles. The molecule has 2 rings (SSSR count). The summed E-state index contributed by atoms with van der Waals surface area (Å²) >= 11 is 0. The quantitative estimate of drug-likeness (QED) is 0.800. The second-order valence-electron chi connectivity index (χ2n) is 5.96. The average Bonchev–Trinajstić information content (AvgIpc) is 2.56. The number of hydrogen-bond acceptors (Lipinski definition) is 4. The lowest BCUT2D eigenvalue weighted by Crippen LogP contribution is -2.48. The molecule has 8 heteroatoms. The van der Waals surface area contributed by atoms with Gasteiger partial charge in [0.25, 0.3) is 0 Å². The number of nitrogens with zero attached hydrogens (tertiary/aromatic N) is 2. The SMILES string of the molecule is CCS(=O)(=O)N1CCC(N(CC(=O)O)Cc2ccc(F)cc2)CC1. The third-order valence-electron chi connectivity index (χ3n) is 4.34. The van der Waals surface area contributed by atoms with Crippen LogP contribution in [0.4, 0.5) is 4.39 Å². The molecule has 134 valence electrons. The first-order valence-corrected chi connectivity index (χ1v) is 9.61. The molecular weight excluding hydrogens is 335 g/mol. The van der Waals surface area contributed by atoms with Crippen LogP contribution in [0.2, 0.25) is 0 Å². The first-order chi connectivity index (χ1) is 11.3. The summed E-state index contributed by atoms with van der Waals surface area (Å²) in [5.41, 5.74) is 0.834. The summed E-state index contributed by atoms with van der Waals surface area (Å²) in [5, 5.41) is 9.15. The van der Waals surface area contributed by atoms with Gasteiger partial charge in [0, 0.05) is 25.7 Å². The molecule has 1 fully saturated rings. The summed E-state index contributed by atoms with van der Waals surface area (Å²) in [4.78, 5) is 13.0. The molecule has 0 radical (unpaired) electrons. The van der Waals surface area contributed by atoms with E-state index < -0.39 is 16.0 Å². The van der Waals surface area contributed by atoms with E-state index in [9.17, 15) is 17.6 Å². The van der Waals surface area contributed by atoms with Crippen molar-refractivity contribution in [3.8, 4) is 0 Å². The van der Waals surface area contributed by atoms with Crippen molar-refractivity contribution in [2.24, 2.45) is 0 Å². The van der Waals surface area contributed by atoms with Gasteiger partial charge in [0.2, 0.25) is 10.0 Å². The van der Waals surface area contributed by atoms with Crippen LogP contribution in [0.3, 0.4) is 0 Å². The second kappa shape index (κ2) is 8.04. The van der Waals surface area contributed by atoms with E-state index in [1.165, 1.54) is 16.4 Å². The lowest BCUT2D eigenvalue weighted by atomic mass is 10.0. The number of aliphatic carboxylic acids is 1. The molecule has 1 saturated heterocycles. The van der Waals surface area contributed by atoms with Crippen molar-refractivity contribution in [2.45, 2.75) is 32.4 Å². The fourth-order valence-corrected chi connectivity index (χ4v) is 4.11. The molecule has 6 nitrogen and oxygen atoms in total. The number of sulfonamides is 1. The number of carboxylic acid groups (broad SMARTS) is 1. The Labute approximate surface area is 141 Å². The maximum absolute atomic E-state index is 13.0. The standard InChI is InChI=1S/C16H23FN2O4S/c1-2-24(22,23)19-9-7-15(8-10-19)18(12-16(20)21)11-13-3-5-14(17)6-4-13/h3-6,15H,2,7-12H2,1H3,(H,20,21). The summed E-state index contributed by atoms with van der Waals surface area (Å²) in [6.07, 6.45) is 1.18. The van der Waals surface area contributed by atoms with Gasteiger partial charge in [-0.15, -0.1) is 0 Å². The van der Waals surface area contributed by atoms with E-state index >= 15 is 0 Å². The fourth-order valence-electron chi connectivity index (χ4n) is 2.98. The van der Waals surface area contributed by atoms with Crippen LogP contribution in [0.15, 0.2) is 24.3 Å². The van der Waals surface area contributed by atoms with E-state index in [2.05, 4.69) is 0 Å². The Bertz CT molecular complexity index is 655. The monoisotopic (exact) mass is 358 g/mol. The zero-order valence-corrected chi connectivity index (χ0v) is 14.5. The smallest absolute Gasteiger partial charge is 0.317 e. The molecule has 0 atom stereocenters. The second-order valence-corrected chi connectivity index (χ2v) is 8.21. The number of hydrogen-bond donors (Lipinski definition) is 1. The van der Waals surface area contributed by atoms with E-state index in [-0.39, 0.29) is 24.2 Å². The third-order valence-corrected chi connectivity index (χ3v) is 6.22. The van der Waals surface area contributed by atoms with Gasteiger partial charge in [-0.05, 0) is 37.5 Å².